The quantitative estimate of drug-likeness (QED) is 0.0865. The van der Waals surface area contributed by atoms with Crippen molar-refractivity contribution in [1.82, 2.24) is 4.98 Å². The van der Waals surface area contributed by atoms with Crippen LogP contribution >= 0.6 is 11.8 Å². The fourth-order valence-corrected chi connectivity index (χ4v) is 7.93. The van der Waals surface area contributed by atoms with Gasteiger partial charge in [-0.25, -0.2) is 0 Å². The third-order valence-corrected chi connectivity index (χ3v) is 11.1. The third kappa shape index (κ3) is 8.41. The molecule has 3 aromatic carbocycles. The number of benzene rings is 3. The van der Waals surface area contributed by atoms with Crippen molar-refractivity contribution in [3.63, 3.8) is 0 Å². The minimum Gasteiger partial charge on any atom is -0.512 e. The van der Waals surface area contributed by atoms with Crippen LogP contribution in [0.1, 0.15) is 120 Å². The van der Waals surface area contributed by atoms with Gasteiger partial charge in [0.1, 0.15) is 0 Å². The summed E-state index contributed by atoms with van der Waals surface area (Å²) < 4.78 is 8.36. The summed E-state index contributed by atoms with van der Waals surface area (Å²) in [6.07, 6.45) is 7.06. The second kappa shape index (κ2) is 16.3. The molecule has 0 amide bonds. The Kier molecular flexibility index (Phi) is 13.0. The van der Waals surface area contributed by atoms with Crippen molar-refractivity contribution in [3.05, 3.63) is 77.7 Å². The fourth-order valence-electron chi connectivity index (χ4n) is 6.64. The van der Waals surface area contributed by atoms with Crippen LogP contribution in [0.25, 0.3) is 32.8 Å². The zero-order chi connectivity index (χ0) is 34.7. The van der Waals surface area contributed by atoms with Crippen LogP contribution in [0.5, 0.6) is 0 Å². The van der Waals surface area contributed by atoms with E-state index in [2.05, 4.69) is 77.1 Å². The van der Waals surface area contributed by atoms with Gasteiger partial charge < -0.3 is 5.11 Å². The topological polar surface area (TPSA) is 50.2 Å². The number of carbonyl (C=O) groups is 1. The van der Waals surface area contributed by atoms with Crippen LogP contribution in [0.15, 0.2) is 70.3 Å². The maximum absolute atomic E-state index is 12.3. The van der Waals surface area contributed by atoms with E-state index < -0.39 is 0 Å². The van der Waals surface area contributed by atoms with E-state index in [1.807, 2.05) is 52.4 Å². The number of aliphatic hydroxyl groups excluding tert-OH is 1. The minimum atomic E-state index is -0.278. The smallest absolute Gasteiger partial charge is 0.165 e. The monoisotopic (exact) mass is 830 g/mol. The van der Waals surface area contributed by atoms with Gasteiger partial charge in [-0.3, -0.25) is 9.78 Å². The van der Waals surface area contributed by atoms with Gasteiger partial charge in [0.25, 0.3) is 0 Å². The van der Waals surface area contributed by atoms with Crippen molar-refractivity contribution in [2.45, 2.75) is 123 Å². The zero-order valence-electron chi connectivity index (χ0n) is 31.1. The molecule has 255 valence electrons. The molecule has 0 fully saturated rings. The number of allylic oxidation sites excluding steroid dienone is 2. The molecule has 0 aliphatic carbocycles. The summed E-state index contributed by atoms with van der Waals surface area (Å²) in [5.41, 5.74) is 4.55. The van der Waals surface area contributed by atoms with Gasteiger partial charge in [0.2, 0.25) is 0 Å². The average molecular weight is 830 g/mol. The predicted octanol–water partition coefficient (Wildman–Crippen LogP) is 12.7. The van der Waals surface area contributed by atoms with Crippen LogP contribution in [-0.2, 0) is 31.3 Å². The van der Waals surface area contributed by atoms with Crippen LogP contribution in [-0.4, -0.2) is 15.9 Å². The Morgan fingerprint density at radius 2 is 1.66 bits per heavy atom. The van der Waals surface area contributed by atoms with Crippen molar-refractivity contribution in [3.8, 4) is 11.3 Å². The number of carbonyl (C=O) groups excluding carboxylic acids is 1. The summed E-state index contributed by atoms with van der Waals surface area (Å²) in [6.45, 7) is 21.6. The van der Waals surface area contributed by atoms with Crippen molar-refractivity contribution in [1.29, 1.82) is 0 Å². The molecule has 0 saturated carbocycles. The molecule has 0 spiro atoms. The Bertz CT molecular complexity index is 1770. The van der Waals surface area contributed by atoms with E-state index >= 15 is 0 Å². The zero-order valence-corrected chi connectivity index (χ0v) is 33.3. The van der Waals surface area contributed by atoms with E-state index in [0.29, 0.717) is 12.1 Å². The Balaban J connectivity index is 0.000000301. The average Bonchev–Trinajstić information content (AvgIpc) is 3.02. The van der Waals surface area contributed by atoms with E-state index in [4.69, 9.17) is 6.35 Å². The number of fused-ring (bicyclic) bond motifs is 3. The number of ketones is 1. The van der Waals surface area contributed by atoms with E-state index in [0.717, 1.165) is 60.6 Å². The number of rotatable bonds is 10. The number of aliphatic hydroxyl groups is 1. The van der Waals surface area contributed by atoms with Crippen LogP contribution in [0, 0.1) is 22.8 Å². The van der Waals surface area contributed by atoms with Gasteiger partial charge in [-0.05, 0) is 83.2 Å². The maximum atomic E-state index is 12.3. The molecule has 2 heterocycles. The second-order valence-corrected chi connectivity index (χ2v) is 15.4. The van der Waals surface area contributed by atoms with Crippen LogP contribution in [0.4, 0.5) is 0 Å². The maximum Gasteiger partial charge on any atom is 0.165 e. The van der Waals surface area contributed by atoms with Crippen LogP contribution in [0.2, 0.25) is 0 Å². The van der Waals surface area contributed by atoms with Gasteiger partial charge in [0, 0.05) is 54.3 Å². The molecule has 1 aromatic heterocycles. The number of pyridine rings is 1. The Labute approximate surface area is 303 Å². The summed E-state index contributed by atoms with van der Waals surface area (Å²) in [5.74, 6) is 0.923. The van der Waals surface area contributed by atoms with Crippen LogP contribution < -0.4 is 0 Å². The molecule has 0 bridgehead atoms. The fraction of sp³-hybridized carbons (Fsp3) is 0.476. The molecule has 0 saturated heterocycles. The molecular formula is C42H54IrNO2S-. The van der Waals surface area contributed by atoms with Gasteiger partial charge in [0.15, 0.2) is 5.78 Å². The first-order valence-corrected chi connectivity index (χ1v) is 18.1. The first kappa shape index (κ1) is 37.4. The molecule has 3 nitrogen and oxygen atoms in total. The van der Waals surface area contributed by atoms with E-state index in [-0.39, 0.29) is 48.4 Å². The largest absolute Gasteiger partial charge is 0.512 e. The first-order chi connectivity index (χ1) is 22.2. The van der Waals surface area contributed by atoms with Crippen molar-refractivity contribution < 1.29 is 31.4 Å². The third-order valence-electron chi connectivity index (χ3n) is 9.86. The molecule has 5 heteroatoms. The molecule has 0 atom stereocenters. The van der Waals surface area contributed by atoms with E-state index in [9.17, 15) is 9.90 Å². The van der Waals surface area contributed by atoms with Gasteiger partial charge in [-0.1, -0.05) is 110 Å². The molecule has 1 aliphatic heterocycles. The van der Waals surface area contributed by atoms with Crippen molar-refractivity contribution in [2.24, 2.45) is 16.7 Å². The predicted molar refractivity (Wildman–Crippen MR) is 198 cm³/mol. The Morgan fingerprint density at radius 3 is 2.23 bits per heavy atom. The Morgan fingerprint density at radius 1 is 1.02 bits per heavy atom. The standard InChI is InChI=1S/C27H26NS.C15H28O2.Ir/c1-16(2)19-12-18-10-11-28-25-21-13-17-8-6-7-9-20(17)22(15-27(3,4)5)26(21)29-23(14-19)24(18)25;1-6-12(7-2)13(16)11-14(17)15(8-3,9-4)10-5;/h6-12,14,16H,15H2,1-5H3;11-12,16H,6-10H2,1-5H3;/q-1;;/b;13-11-;/i11D;;. The number of hydrogen-bond acceptors (Lipinski definition) is 4. The van der Waals surface area contributed by atoms with Gasteiger partial charge in [-0.2, -0.15) is 0 Å². The Hall–Kier alpha value is -2.46. The summed E-state index contributed by atoms with van der Waals surface area (Å²) in [7, 11) is 0. The number of nitrogens with zero attached hydrogens (tertiary/aromatic N) is 1. The molecule has 4 aromatic rings. The minimum absolute atomic E-state index is 0. The van der Waals surface area contributed by atoms with Crippen molar-refractivity contribution in [2.75, 3.05) is 0 Å². The molecule has 5 rings (SSSR count). The SMILES string of the molecule is CCC(CC)/C(O)=C/C(=O)C(CC)(CC)CC.[2H]c1cc2cc(C(C)C)cc3c2c(n1)-c1[c-]c2ccccc2c(CC(C)(C)C)c1S3.[Ir]. The van der Waals surface area contributed by atoms with Gasteiger partial charge >= 0.3 is 0 Å². The summed E-state index contributed by atoms with van der Waals surface area (Å²) in [4.78, 5) is 19.5. The van der Waals surface area contributed by atoms with Crippen LogP contribution in [0.3, 0.4) is 0 Å². The second-order valence-electron chi connectivity index (χ2n) is 14.4. The van der Waals surface area contributed by atoms with Gasteiger partial charge in [0.05, 0.1) is 7.13 Å². The summed E-state index contributed by atoms with van der Waals surface area (Å²) >= 11 is 1.86. The molecule has 1 aliphatic rings. The first-order valence-electron chi connectivity index (χ1n) is 17.8. The van der Waals surface area contributed by atoms with E-state index in [1.54, 1.807) is 0 Å². The van der Waals surface area contributed by atoms with E-state index in [1.165, 1.54) is 37.8 Å². The number of aromatic nitrogens is 1. The normalized spacial score (nSPS) is 13.3. The molecule has 1 radical (unpaired) electrons. The molecule has 47 heavy (non-hydrogen) atoms. The summed E-state index contributed by atoms with van der Waals surface area (Å²) in [6, 6.07) is 18.7. The summed E-state index contributed by atoms with van der Waals surface area (Å²) in [5, 5.41) is 14.7. The van der Waals surface area contributed by atoms with Crippen molar-refractivity contribution >= 4 is 39.1 Å². The van der Waals surface area contributed by atoms with Gasteiger partial charge in [-0.15, -0.1) is 29.3 Å². The molecule has 0 unspecified atom stereocenters. The number of hydrogen-bond donors (Lipinski definition) is 1. The molecule has 1 N–H and O–H groups in total. The molecular weight excluding hydrogens is 775 g/mol.